The lowest BCUT2D eigenvalue weighted by Crippen LogP contribution is -2.43. The maximum Gasteiger partial charge on any atom is 0.281 e. The van der Waals surface area contributed by atoms with Crippen LogP contribution in [0.3, 0.4) is 0 Å². The number of amides is 2. The largest absolute Gasteiger partial charge is 0.484 e. The Morgan fingerprint density at radius 3 is 2.58 bits per heavy atom. The minimum atomic E-state index is -0.464. The molecule has 134 valence electrons. The highest BCUT2D eigenvalue weighted by atomic mass is 35.5. The van der Waals surface area contributed by atoms with Crippen molar-refractivity contribution >= 4 is 44.8 Å². The first-order valence-electron chi connectivity index (χ1n) is 7.92. The zero-order chi connectivity index (χ0) is 18.7. The molecule has 0 unspecified atom stereocenters. The topological polar surface area (TPSA) is 67.4 Å². The normalized spacial score (nSPS) is 10.6. The van der Waals surface area contributed by atoms with Crippen molar-refractivity contribution in [3.8, 4) is 5.75 Å². The summed E-state index contributed by atoms with van der Waals surface area (Å²) in [5.41, 5.74) is 6.92. The number of ether oxygens (including phenoxy) is 1. The first-order chi connectivity index (χ1) is 12.5. The van der Waals surface area contributed by atoms with E-state index in [-0.39, 0.29) is 6.61 Å². The number of carbonyl (C=O) groups excluding carboxylic acids is 2. The third-order valence-corrected chi connectivity index (χ3v) is 5.58. The fraction of sp³-hybridized carbons (Fsp3) is 0.158. The second-order valence-electron chi connectivity index (χ2n) is 5.78. The van der Waals surface area contributed by atoms with Crippen molar-refractivity contribution in [1.29, 1.82) is 0 Å². The highest BCUT2D eigenvalue weighted by Crippen LogP contribution is 2.34. The van der Waals surface area contributed by atoms with Crippen LogP contribution in [0.15, 0.2) is 42.5 Å². The van der Waals surface area contributed by atoms with Gasteiger partial charge >= 0.3 is 0 Å². The monoisotopic (exact) mass is 388 g/mol. The van der Waals surface area contributed by atoms with E-state index in [1.54, 1.807) is 6.07 Å². The van der Waals surface area contributed by atoms with Gasteiger partial charge in [-0.3, -0.25) is 20.4 Å². The fourth-order valence-electron chi connectivity index (χ4n) is 2.33. The highest BCUT2D eigenvalue weighted by molar-refractivity contribution is 7.21. The lowest BCUT2D eigenvalue weighted by atomic mass is 10.1. The summed E-state index contributed by atoms with van der Waals surface area (Å²) < 4.78 is 6.34. The standard InChI is InChI=1S/C19H17ClN2O3S/c1-11-7-8-13(9-12(11)2)25-10-16(23)21-22-19(24)18-17(20)14-5-3-4-6-15(14)26-18/h3-9H,10H2,1-2H3,(H,21,23)(H,22,24). The Balaban J connectivity index is 1.55. The van der Waals surface area contributed by atoms with E-state index in [0.717, 1.165) is 21.2 Å². The molecular formula is C19H17ClN2O3S. The first kappa shape index (κ1) is 18.2. The van der Waals surface area contributed by atoms with E-state index in [0.29, 0.717) is 15.6 Å². The summed E-state index contributed by atoms with van der Waals surface area (Å²) in [5, 5.41) is 1.19. The van der Waals surface area contributed by atoms with Gasteiger partial charge in [-0.05, 0) is 43.2 Å². The highest BCUT2D eigenvalue weighted by Gasteiger charge is 2.17. The van der Waals surface area contributed by atoms with Crippen molar-refractivity contribution in [3.05, 3.63) is 63.5 Å². The molecule has 3 aromatic rings. The molecule has 3 rings (SSSR count). The van der Waals surface area contributed by atoms with Crippen molar-refractivity contribution < 1.29 is 14.3 Å². The minimum absolute atomic E-state index is 0.205. The molecule has 0 saturated heterocycles. The zero-order valence-electron chi connectivity index (χ0n) is 14.3. The summed E-state index contributed by atoms with van der Waals surface area (Å²) in [4.78, 5) is 24.5. The van der Waals surface area contributed by atoms with E-state index in [1.807, 2.05) is 50.2 Å². The van der Waals surface area contributed by atoms with Crippen molar-refractivity contribution in [2.24, 2.45) is 0 Å². The number of aryl methyl sites for hydroxylation is 2. The van der Waals surface area contributed by atoms with Gasteiger partial charge in [0.2, 0.25) is 0 Å². The molecule has 26 heavy (non-hydrogen) atoms. The third kappa shape index (κ3) is 3.98. The summed E-state index contributed by atoms with van der Waals surface area (Å²) in [7, 11) is 0. The van der Waals surface area contributed by atoms with Crippen molar-refractivity contribution in [2.45, 2.75) is 13.8 Å². The number of hydrogen-bond acceptors (Lipinski definition) is 4. The van der Waals surface area contributed by atoms with Gasteiger partial charge in [0, 0.05) is 10.1 Å². The van der Waals surface area contributed by atoms with Crippen molar-refractivity contribution in [2.75, 3.05) is 6.61 Å². The maximum absolute atomic E-state index is 12.3. The maximum atomic E-state index is 12.3. The van der Waals surface area contributed by atoms with Gasteiger partial charge in [0.1, 0.15) is 10.6 Å². The molecule has 0 atom stereocenters. The minimum Gasteiger partial charge on any atom is -0.484 e. The van der Waals surface area contributed by atoms with Crippen LogP contribution in [0.1, 0.15) is 20.8 Å². The number of carbonyl (C=O) groups is 2. The first-order valence-corrected chi connectivity index (χ1v) is 9.11. The molecule has 1 aromatic heterocycles. The van der Waals surface area contributed by atoms with Crippen LogP contribution in [0.25, 0.3) is 10.1 Å². The van der Waals surface area contributed by atoms with Crippen LogP contribution in [0.2, 0.25) is 5.02 Å². The number of benzene rings is 2. The quantitative estimate of drug-likeness (QED) is 0.663. The zero-order valence-corrected chi connectivity index (χ0v) is 15.8. The molecule has 5 nitrogen and oxygen atoms in total. The Bertz CT molecular complexity index is 984. The van der Waals surface area contributed by atoms with E-state index < -0.39 is 11.8 Å². The second-order valence-corrected chi connectivity index (χ2v) is 7.21. The SMILES string of the molecule is Cc1ccc(OCC(=O)NNC(=O)c2sc3ccccc3c2Cl)cc1C. The summed E-state index contributed by atoms with van der Waals surface area (Å²) in [6.45, 7) is 3.76. The molecule has 0 spiro atoms. The average molecular weight is 389 g/mol. The van der Waals surface area contributed by atoms with E-state index in [9.17, 15) is 9.59 Å². The lowest BCUT2D eigenvalue weighted by molar-refractivity contribution is -0.123. The predicted octanol–water partition coefficient (Wildman–Crippen LogP) is 4.01. The molecule has 0 aliphatic heterocycles. The van der Waals surface area contributed by atoms with Crippen molar-refractivity contribution in [1.82, 2.24) is 10.9 Å². The number of hydrazine groups is 1. The van der Waals surface area contributed by atoms with Gasteiger partial charge in [-0.2, -0.15) is 0 Å². The Morgan fingerprint density at radius 1 is 1.08 bits per heavy atom. The molecule has 7 heteroatoms. The van der Waals surface area contributed by atoms with E-state index in [2.05, 4.69) is 10.9 Å². The van der Waals surface area contributed by atoms with E-state index >= 15 is 0 Å². The number of hydrogen-bond donors (Lipinski definition) is 2. The molecule has 0 saturated carbocycles. The number of halogens is 1. The second kappa shape index (κ2) is 7.76. The van der Waals surface area contributed by atoms with Gasteiger partial charge in [-0.1, -0.05) is 35.9 Å². The predicted molar refractivity (Wildman–Crippen MR) is 104 cm³/mol. The van der Waals surface area contributed by atoms with E-state index in [4.69, 9.17) is 16.3 Å². The van der Waals surface area contributed by atoms with Crippen molar-refractivity contribution in [3.63, 3.8) is 0 Å². The molecule has 2 N–H and O–H groups in total. The number of rotatable bonds is 4. The molecule has 0 aliphatic rings. The molecule has 2 amide bonds. The molecule has 1 heterocycles. The number of fused-ring (bicyclic) bond motifs is 1. The molecule has 0 radical (unpaired) electrons. The summed E-state index contributed by atoms with van der Waals surface area (Å²) in [5.74, 6) is -0.327. The molecule has 0 aliphatic carbocycles. The fourth-order valence-corrected chi connectivity index (χ4v) is 3.74. The Morgan fingerprint density at radius 2 is 1.85 bits per heavy atom. The Labute approximate surface area is 159 Å². The Hall–Kier alpha value is -2.57. The van der Waals surface area contributed by atoms with Crippen LogP contribution < -0.4 is 15.6 Å². The van der Waals surface area contributed by atoms with Gasteiger partial charge in [-0.15, -0.1) is 11.3 Å². The number of thiophene rings is 1. The molecular weight excluding hydrogens is 372 g/mol. The third-order valence-electron chi connectivity index (χ3n) is 3.90. The summed E-state index contributed by atoms with van der Waals surface area (Å²) in [6, 6.07) is 13.0. The molecule has 0 bridgehead atoms. The van der Waals surface area contributed by atoms with Gasteiger partial charge in [-0.25, -0.2) is 0 Å². The van der Waals surface area contributed by atoms with Gasteiger partial charge < -0.3 is 4.74 Å². The summed E-state index contributed by atoms with van der Waals surface area (Å²) in [6.07, 6.45) is 0. The lowest BCUT2D eigenvalue weighted by Gasteiger charge is -2.09. The average Bonchev–Trinajstić information content (AvgIpc) is 2.98. The van der Waals surface area contributed by atoms with Crippen LogP contribution in [-0.4, -0.2) is 18.4 Å². The van der Waals surface area contributed by atoms with Crippen LogP contribution in [-0.2, 0) is 4.79 Å². The van der Waals surface area contributed by atoms with Crippen LogP contribution in [0.5, 0.6) is 5.75 Å². The summed E-state index contributed by atoms with van der Waals surface area (Å²) >= 11 is 7.52. The van der Waals surface area contributed by atoms with Gasteiger partial charge in [0.05, 0.1) is 5.02 Å². The van der Waals surface area contributed by atoms with Gasteiger partial charge in [0.25, 0.3) is 11.8 Å². The number of nitrogens with one attached hydrogen (secondary N) is 2. The van der Waals surface area contributed by atoms with Crippen LogP contribution in [0.4, 0.5) is 0 Å². The van der Waals surface area contributed by atoms with Crippen LogP contribution >= 0.6 is 22.9 Å². The Kier molecular flexibility index (Phi) is 5.44. The smallest absolute Gasteiger partial charge is 0.281 e. The van der Waals surface area contributed by atoms with E-state index in [1.165, 1.54) is 11.3 Å². The molecule has 0 fully saturated rings. The van der Waals surface area contributed by atoms with Crippen LogP contribution in [0, 0.1) is 13.8 Å². The van der Waals surface area contributed by atoms with Gasteiger partial charge in [0.15, 0.2) is 6.61 Å². The molecule has 2 aromatic carbocycles.